The normalized spacial score (nSPS) is 11.8. The Morgan fingerprint density at radius 3 is 2.78 bits per heavy atom. The molecule has 0 fully saturated rings. The highest BCUT2D eigenvalue weighted by molar-refractivity contribution is 5.81. The molecular formula is C15H16O3. The molecular weight excluding hydrogens is 228 g/mol. The van der Waals surface area contributed by atoms with Crippen molar-refractivity contribution in [1.82, 2.24) is 0 Å². The van der Waals surface area contributed by atoms with Crippen molar-refractivity contribution in [3.63, 3.8) is 0 Å². The zero-order chi connectivity index (χ0) is 12.8. The molecule has 0 saturated carbocycles. The lowest BCUT2D eigenvalue weighted by atomic mass is 10.1. The maximum atomic E-state index is 11.0. The van der Waals surface area contributed by atoms with Gasteiger partial charge in [-0.1, -0.05) is 31.6 Å². The van der Waals surface area contributed by atoms with Gasteiger partial charge in [-0.05, 0) is 12.5 Å². The fourth-order valence-corrected chi connectivity index (χ4v) is 1.78. The van der Waals surface area contributed by atoms with Gasteiger partial charge >= 0.3 is 0 Å². The molecule has 0 N–H and O–H groups in total. The van der Waals surface area contributed by atoms with Gasteiger partial charge in [0.05, 0.1) is 0 Å². The summed E-state index contributed by atoms with van der Waals surface area (Å²) in [6, 6.07) is 3.46. The molecule has 0 saturated heterocycles. The van der Waals surface area contributed by atoms with Crippen LogP contribution in [0.5, 0.6) is 11.5 Å². The number of unbranched alkanes of at least 4 members (excludes halogenated alkanes) is 3. The predicted molar refractivity (Wildman–Crippen MR) is 69.0 cm³/mol. The first-order valence-corrected chi connectivity index (χ1v) is 6.23. The van der Waals surface area contributed by atoms with E-state index < -0.39 is 0 Å². The SMILES string of the molecule is CCCCCC#Cc1cc2c(cc1C=O)OCO2. The Hall–Kier alpha value is -1.95. The van der Waals surface area contributed by atoms with Crippen molar-refractivity contribution in [2.24, 2.45) is 0 Å². The Balaban J connectivity index is 2.14. The molecule has 0 unspecified atom stereocenters. The van der Waals surface area contributed by atoms with Gasteiger partial charge < -0.3 is 9.47 Å². The van der Waals surface area contributed by atoms with Crippen LogP contribution in [0.15, 0.2) is 12.1 Å². The zero-order valence-electron chi connectivity index (χ0n) is 10.5. The molecule has 94 valence electrons. The number of fused-ring (bicyclic) bond motifs is 1. The van der Waals surface area contributed by atoms with Crippen LogP contribution >= 0.6 is 0 Å². The first-order chi connectivity index (χ1) is 8.85. The van der Waals surface area contributed by atoms with Crippen LogP contribution in [0.2, 0.25) is 0 Å². The number of aldehydes is 1. The van der Waals surface area contributed by atoms with Crippen molar-refractivity contribution in [2.75, 3.05) is 6.79 Å². The Kier molecular flexibility index (Phi) is 4.25. The van der Waals surface area contributed by atoms with Gasteiger partial charge in [-0.25, -0.2) is 0 Å². The summed E-state index contributed by atoms with van der Waals surface area (Å²) in [6.07, 6.45) is 5.14. The number of benzene rings is 1. The van der Waals surface area contributed by atoms with E-state index in [0.29, 0.717) is 22.6 Å². The highest BCUT2D eigenvalue weighted by Crippen LogP contribution is 2.34. The summed E-state index contributed by atoms with van der Waals surface area (Å²) >= 11 is 0. The second kappa shape index (κ2) is 6.11. The van der Waals surface area contributed by atoms with E-state index >= 15 is 0 Å². The molecule has 18 heavy (non-hydrogen) atoms. The van der Waals surface area contributed by atoms with Gasteiger partial charge in [-0.2, -0.15) is 0 Å². The summed E-state index contributed by atoms with van der Waals surface area (Å²) in [5, 5.41) is 0. The molecule has 0 atom stereocenters. The van der Waals surface area contributed by atoms with Crippen LogP contribution in [0, 0.1) is 11.8 Å². The van der Waals surface area contributed by atoms with Crippen molar-refractivity contribution >= 4 is 6.29 Å². The van der Waals surface area contributed by atoms with E-state index in [-0.39, 0.29) is 6.79 Å². The number of carbonyl (C=O) groups excluding carboxylic acids is 1. The van der Waals surface area contributed by atoms with E-state index in [9.17, 15) is 4.79 Å². The molecule has 0 amide bonds. The highest BCUT2D eigenvalue weighted by atomic mass is 16.7. The average molecular weight is 244 g/mol. The van der Waals surface area contributed by atoms with Gasteiger partial charge in [0.15, 0.2) is 17.8 Å². The summed E-state index contributed by atoms with van der Waals surface area (Å²) in [7, 11) is 0. The summed E-state index contributed by atoms with van der Waals surface area (Å²) in [6.45, 7) is 2.37. The molecule has 1 aliphatic rings. The average Bonchev–Trinajstić information content (AvgIpc) is 2.84. The molecule has 0 bridgehead atoms. The third-order valence-corrected chi connectivity index (χ3v) is 2.80. The molecule has 3 heteroatoms. The van der Waals surface area contributed by atoms with E-state index in [1.165, 1.54) is 12.8 Å². The number of hydrogen-bond acceptors (Lipinski definition) is 3. The molecule has 0 aromatic heterocycles. The van der Waals surface area contributed by atoms with Crippen LogP contribution in [0.25, 0.3) is 0 Å². The highest BCUT2D eigenvalue weighted by Gasteiger charge is 2.16. The predicted octanol–water partition coefficient (Wildman–Crippen LogP) is 3.16. The molecule has 2 rings (SSSR count). The lowest BCUT2D eigenvalue weighted by Gasteiger charge is -2.00. The molecule has 1 heterocycles. The van der Waals surface area contributed by atoms with Crippen LogP contribution < -0.4 is 9.47 Å². The van der Waals surface area contributed by atoms with Crippen LogP contribution in [0.4, 0.5) is 0 Å². The molecule has 1 aromatic rings. The van der Waals surface area contributed by atoms with E-state index in [4.69, 9.17) is 9.47 Å². The second-order valence-corrected chi connectivity index (χ2v) is 4.17. The molecule has 0 spiro atoms. The maximum Gasteiger partial charge on any atom is 0.231 e. The Morgan fingerprint density at radius 1 is 1.28 bits per heavy atom. The minimum Gasteiger partial charge on any atom is -0.454 e. The third kappa shape index (κ3) is 2.84. The van der Waals surface area contributed by atoms with Crippen LogP contribution in [0.3, 0.4) is 0 Å². The van der Waals surface area contributed by atoms with E-state index in [1.807, 2.05) is 0 Å². The smallest absolute Gasteiger partial charge is 0.231 e. The molecule has 0 aliphatic carbocycles. The largest absolute Gasteiger partial charge is 0.454 e. The standard InChI is InChI=1S/C15H16O3/c1-2-3-4-5-6-7-12-8-14-15(18-11-17-14)9-13(12)10-16/h8-10H,2-5,11H2,1H3. The fraction of sp³-hybridized carbons (Fsp3) is 0.400. The monoisotopic (exact) mass is 244 g/mol. The van der Waals surface area contributed by atoms with Crippen molar-refractivity contribution in [1.29, 1.82) is 0 Å². The molecule has 1 aliphatic heterocycles. The third-order valence-electron chi connectivity index (χ3n) is 2.80. The molecule has 0 radical (unpaired) electrons. The number of rotatable bonds is 4. The van der Waals surface area contributed by atoms with E-state index in [0.717, 1.165) is 19.1 Å². The summed E-state index contributed by atoms with van der Waals surface area (Å²) < 4.78 is 10.5. The van der Waals surface area contributed by atoms with Gasteiger partial charge in [0.1, 0.15) is 0 Å². The van der Waals surface area contributed by atoms with Crippen molar-refractivity contribution < 1.29 is 14.3 Å². The van der Waals surface area contributed by atoms with Gasteiger partial charge in [0.25, 0.3) is 0 Å². The summed E-state index contributed by atoms with van der Waals surface area (Å²) in [5.41, 5.74) is 1.27. The van der Waals surface area contributed by atoms with Crippen molar-refractivity contribution in [2.45, 2.75) is 32.6 Å². The summed E-state index contributed by atoms with van der Waals surface area (Å²) in [5.74, 6) is 7.42. The number of carbonyl (C=O) groups is 1. The van der Waals surface area contributed by atoms with Crippen molar-refractivity contribution in [3.05, 3.63) is 23.3 Å². The fourth-order valence-electron chi connectivity index (χ4n) is 1.78. The Bertz CT molecular complexity index is 494. The van der Waals surface area contributed by atoms with Gasteiger partial charge in [-0.15, -0.1) is 0 Å². The minimum atomic E-state index is 0.209. The lowest BCUT2D eigenvalue weighted by molar-refractivity contribution is 0.112. The summed E-state index contributed by atoms with van der Waals surface area (Å²) in [4.78, 5) is 11.0. The van der Waals surface area contributed by atoms with Crippen molar-refractivity contribution in [3.8, 4) is 23.3 Å². The zero-order valence-corrected chi connectivity index (χ0v) is 10.5. The van der Waals surface area contributed by atoms with E-state index in [2.05, 4.69) is 18.8 Å². The molecule has 1 aromatic carbocycles. The van der Waals surface area contributed by atoms with Crippen LogP contribution in [0.1, 0.15) is 48.5 Å². The van der Waals surface area contributed by atoms with Gasteiger partial charge in [0.2, 0.25) is 6.79 Å². The molecule has 3 nitrogen and oxygen atoms in total. The minimum absolute atomic E-state index is 0.209. The van der Waals surface area contributed by atoms with Gasteiger partial charge in [0, 0.05) is 23.6 Å². The van der Waals surface area contributed by atoms with Crippen LogP contribution in [-0.4, -0.2) is 13.1 Å². The topological polar surface area (TPSA) is 35.5 Å². The second-order valence-electron chi connectivity index (χ2n) is 4.17. The van der Waals surface area contributed by atoms with Crippen LogP contribution in [-0.2, 0) is 0 Å². The first-order valence-electron chi connectivity index (χ1n) is 6.23. The van der Waals surface area contributed by atoms with E-state index in [1.54, 1.807) is 12.1 Å². The number of ether oxygens (including phenoxy) is 2. The number of hydrogen-bond donors (Lipinski definition) is 0. The lowest BCUT2D eigenvalue weighted by Crippen LogP contribution is -1.92. The Morgan fingerprint density at radius 2 is 2.06 bits per heavy atom. The Labute approximate surface area is 107 Å². The quantitative estimate of drug-likeness (QED) is 0.463. The maximum absolute atomic E-state index is 11.0. The first kappa shape index (κ1) is 12.5. The van der Waals surface area contributed by atoms with Gasteiger partial charge in [-0.3, -0.25) is 4.79 Å².